The van der Waals surface area contributed by atoms with Gasteiger partial charge in [-0.25, -0.2) is 4.79 Å². The van der Waals surface area contributed by atoms with E-state index in [1.165, 1.54) is 16.7 Å². The molecule has 1 fully saturated rings. The van der Waals surface area contributed by atoms with Crippen LogP contribution in [0.2, 0.25) is 0 Å². The van der Waals surface area contributed by atoms with Crippen LogP contribution in [0.3, 0.4) is 0 Å². The van der Waals surface area contributed by atoms with Crippen LogP contribution in [-0.2, 0) is 14.4 Å². The number of rotatable bonds is 4. The zero-order chi connectivity index (χ0) is 15.6. The SMILES string of the molecule is CC(=O)N(CN1C(=O)CC[C@@H]1C(=O)O)c1ccc(C)cc1. The van der Waals surface area contributed by atoms with E-state index in [4.69, 9.17) is 5.11 Å². The summed E-state index contributed by atoms with van der Waals surface area (Å²) in [6, 6.07) is 6.45. The van der Waals surface area contributed by atoms with Gasteiger partial charge in [0.05, 0.1) is 0 Å². The minimum absolute atomic E-state index is 0.0335. The van der Waals surface area contributed by atoms with E-state index in [9.17, 15) is 14.4 Å². The Bertz CT molecular complexity index is 568. The molecule has 1 aromatic rings. The Hall–Kier alpha value is -2.37. The van der Waals surface area contributed by atoms with Gasteiger partial charge in [0.1, 0.15) is 12.7 Å². The molecule has 0 aromatic heterocycles. The van der Waals surface area contributed by atoms with Crippen LogP contribution < -0.4 is 4.90 Å². The van der Waals surface area contributed by atoms with Gasteiger partial charge in [-0.2, -0.15) is 0 Å². The van der Waals surface area contributed by atoms with Gasteiger partial charge >= 0.3 is 5.97 Å². The van der Waals surface area contributed by atoms with Gasteiger partial charge in [-0.1, -0.05) is 17.7 Å². The normalized spacial score (nSPS) is 17.9. The van der Waals surface area contributed by atoms with Crippen LogP contribution in [-0.4, -0.2) is 40.5 Å². The fourth-order valence-electron chi connectivity index (χ4n) is 2.41. The summed E-state index contributed by atoms with van der Waals surface area (Å²) in [7, 11) is 0. The molecule has 0 saturated carbocycles. The van der Waals surface area contributed by atoms with Crippen LogP contribution in [0.15, 0.2) is 24.3 Å². The zero-order valence-corrected chi connectivity index (χ0v) is 12.1. The minimum atomic E-state index is -1.03. The molecular formula is C15H18N2O4. The lowest BCUT2D eigenvalue weighted by atomic mass is 10.2. The molecule has 0 radical (unpaired) electrons. The lowest BCUT2D eigenvalue weighted by molar-refractivity contribution is -0.146. The van der Waals surface area contributed by atoms with Crippen LogP contribution in [0.1, 0.15) is 25.3 Å². The molecule has 0 aliphatic carbocycles. The summed E-state index contributed by atoms with van der Waals surface area (Å²) in [5, 5.41) is 9.16. The number of likely N-dealkylation sites (tertiary alicyclic amines) is 1. The van der Waals surface area contributed by atoms with Crippen molar-refractivity contribution >= 4 is 23.5 Å². The van der Waals surface area contributed by atoms with E-state index in [0.29, 0.717) is 5.69 Å². The van der Waals surface area contributed by atoms with E-state index in [0.717, 1.165) is 5.56 Å². The molecule has 1 aliphatic rings. The van der Waals surface area contributed by atoms with E-state index < -0.39 is 12.0 Å². The second-order valence-electron chi connectivity index (χ2n) is 5.18. The average molecular weight is 290 g/mol. The molecule has 21 heavy (non-hydrogen) atoms. The maximum absolute atomic E-state index is 11.9. The summed E-state index contributed by atoms with van der Waals surface area (Å²) >= 11 is 0. The Balaban J connectivity index is 2.23. The standard InChI is InChI=1S/C15H18N2O4/c1-10-3-5-12(6-4-10)16(11(2)18)9-17-13(15(20)21)7-8-14(17)19/h3-6,13H,7-9H2,1-2H3,(H,20,21)/t13-/m1/s1. The second kappa shape index (κ2) is 5.95. The Morgan fingerprint density at radius 3 is 2.48 bits per heavy atom. The molecule has 1 aromatic carbocycles. The molecule has 0 spiro atoms. The number of hydrogen-bond acceptors (Lipinski definition) is 3. The van der Waals surface area contributed by atoms with Gasteiger partial charge in [0.15, 0.2) is 0 Å². The van der Waals surface area contributed by atoms with Gasteiger partial charge in [-0.15, -0.1) is 0 Å². The Kier molecular flexibility index (Phi) is 4.26. The number of carbonyl (C=O) groups excluding carboxylic acids is 2. The first-order valence-electron chi connectivity index (χ1n) is 6.77. The number of amides is 2. The number of anilines is 1. The predicted molar refractivity (Wildman–Crippen MR) is 76.7 cm³/mol. The first-order chi connectivity index (χ1) is 9.90. The number of hydrogen-bond donors (Lipinski definition) is 1. The summed E-state index contributed by atoms with van der Waals surface area (Å²) in [5.74, 6) is -1.50. The highest BCUT2D eigenvalue weighted by molar-refractivity contribution is 5.93. The van der Waals surface area contributed by atoms with Crippen LogP contribution in [0.5, 0.6) is 0 Å². The number of carboxylic acid groups (broad SMARTS) is 1. The van der Waals surface area contributed by atoms with Crippen LogP contribution in [0, 0.1) is 6.92 Å². The molecule has 112 valence electrons. The smallest absolute Gasteiger partial charge is 0.326 e. The van der Waals surface area contributed by atoms with Crippen molar-refractivity contribution in [2.24, 2.45) is 0 Å². The molecule has 2 amide bonds. The lowest BCUT2D eigenvalue weighted by Gasteiger charge is -2.29. The number of aliphatic carboxylic acids is 1. The molecule has 6 heteroatoms. The van der Waals surface area contributed by atoms with E-state index >= 15 is 0 Å². The number of carbonyl (C=O) groups is 3. The first-order valence-corrected chi connectivity index (χ1v) is 6.77. The van der Waals surface area contributed by atoms with E-state index in [2.05, 4.69) is 0 Å². The molecule has 1 saturated heterocycles. The number of carboxylic acids is 1. The molecule has 2 rings (SSSR count). The van der Waals surface area contributed by atoms with Gasteiger partial charge in [0.2, 0.25) is 11.8 Å². The van der Waals surface area contributed by atoms with Crippen molar-refractivity contribution in [3.05, 3.63) is 29.8 Å². The van der Waals surface area contributed by atoms with Crippen molar-refractivity contribution in [2.45, 2.75) is 32.7 Å². The van der Waals surface area contributed by atoms with Crippen LogP contribution in [0.4, 0.5) is 5.69 Å². The summed E-state index contributed by atoms with van der Waals surface area (Å²) in [6.07, 6.45) is 0.490. The Morgan fingerprint density at radius 2 is 1.95 bits per heavy atom. The van der Waals surface area contributed by atoms with Crippen LogP contribution >= 0.6 is 0 Å². The first kappa shape index (κ1) is 15.0. The maximum Gasteiger partial charge on any atom is 0.326 e. The second-order valence-corrected chi connectivity index (χ2v) is 5.18. The predicted octanol–water partition coefficient (Wildman–Crippen LogP) is 1.38. The van der Waals surface area contributed by atoms with Crippen molar-refractivity contribution < 1.29 is 19.5 Å². The number of nitrogens with zero attached hydrogens (tertiary/aromatic N) is 2. The monoisotopic (exact) mass is 290 g/mol. The van der Waals surface area contributed by atoms with E-state index in [1.54, 1.807) is 12.1 Å². The van der Waals surface area contributed by atoms with Crippen molar-refractivity contribution in [3.63, 3.8) is 0 Å². The summed E-state index contributed by atoms with van der Waals surface area (Å²) < 4.78 is 0. The summed E-state index contributed by atoms with van der Waals surface area (Å²) in [4.78, 5) is 37.6. The fraction of sp³-hybridized carbons (Fsp3) is 0.400. The van der Waals surface area contributed by atoms with Gasteiger partial charge in [-0.05, 0) is 25.5 Å². The number of aryl methyl sites for hydroxylation is 1. The summed E-state index contributed by atoms with van der Waals surface area (Å²) in [5.41, 5.74) is 1.71. The zero-order valence-electron chi connectivity index (χ0n) is 12.1. The average Bonchev–Trinajstić information content (AvgIpc) is 2.78. The molecular weight excluding hydrogens is 272 g/mol. The quantitative estimate of drug-likeness (QED) is 0.908. The lowest BCUT2D eigenvalue weighted by Crippen LogP contribution is -2.47. The van der Waals surface area contributed by atoms with Crippen molar-refractivity contribution in [2.75, 3.05) is 11.6 Å². The van der Waals surface area contributed by atoms with Gasteiger partial charge in [0.25, 0.3) is 0 Å². The molecule has 0 bridgehead atoms. The minimum Gasteiger partial charge on any atom is -0.480 e. The number of benzene rings is 1. The highest BCUT2D eigenvalue weighted by Gasteiger charge is 2.37. The fourth-order valence-corrected chi connectivity index (χ4v) is 2.41. The van der Waals surface area contributed by atoms with Crippen LogP contribution in [0.25, 0.3) is 0 Å². The van der Waals surface area contributed by atoms with Gasteiger partial charge in [0, 0.05) is 19.0 Å². The maximum atomic E-state index is 11.9. The highest BCUT2D eigenvalue weighted by atomic mass is 16.4. The van der Waals surface area contributed by atoms with Gasteiger partial charge < -0.3 is 10.0 Å². The third kappa shape index (κ3) is 3.21. The molecule has 1 atom stereocenters. The highest BCUT2D eigenvalue weighted by Crippen LogP contribution is 2.22. The summed E-state index contributed by atoms with van der Waals surface area (Å²) in [6.45, 7) is 3.30. The molecule has 0 unspecified atom stereocenters. The van der Waals surface area contributed by atoms with Crippen molar-refractivity contribution in [1.82, 2.24) is 4.90 Å². The topological polar surface area (TPSA) is 77.9 Å². The van der Waals surface area contributed by atoms with E-state index in [1.807, 2.05) is 19.1 Å². The van der Waals surface area contributed by atoms with Crippen molar-refractivity contribution in [3.8, 4) is 0 Å². The third-order valence-electron chi connectivity index (χ3n) is 3.63. The largest absolute Gasteiger partial charge is 0.480 e. The molecule has 1 heterocycles. The Morgan fingerprint density at radius 1 is 1.33 bits per heavy atom. The molecule has 6 nitrogen and oxygen atoms in total. The molecule has 1 aliphatic heterocycles. The molecule has 1 N–H and O–H groups in total. The third-order valence-corrected chi connectivity index (χ3v) is 3.63. The van der Waals surface area contributed by atoms with Crippen molar-refractivity contribution in [1.29, 1.82) is 0 Å². The van der Waals surface area contributed by atoms with Gasteiger partial charge in [-0.3, -0.25) is 14.5 Å². The Labute approximate surface area is 123 Å². The van der Waals surface area contributed by atoms with E-state index in [-0.39, 0.29) is 31.3 Å².